The molecule has 11 aromatic rings. The van der Waals surface area contributed by atoms with Crippen molar-refractivity contribution in [2.45, 2.75) is 0 Å². The molecule has 0 saturated carbocycles. The molecule has 0 bridgehead atoms. The van der Waals surface area contributed by atoms with E-state index in [0.29, 0.717) is 11.4 Å². The molecule has 0 aliphatic carbocycles. The minimum absolute atomic E-state index is 0. The van der Waals surface area contributed by atoms with Crippen LogP contribution in [0.25, 0.3) is 52.8 Å². The van der Waals surface area contributed by atoms with Crippen LogP contribution in [0.2, 0.25) is 0 Å². The van der Waals surface area contributed by atoms with Crippen LogP contribution in [-0.4, -0.2) is 0 Å². The average molecular weight is 1290 g/mol. The summed E-state index contributed by atoms with van der Waals surface area (Å²) in [4.78, 5) is 7.33. The molecule has 0 atom stereocenters. The summed E-state index contributed by atoms with van der Waals surface area (Å²) < 4.78 is 0. The first-order chi connectivity index (χ1) is 33.6. The van der Waals surface area contributed by atoms with Crippen LogP contribution >= 0.6 is 15.8 Å². The van der Waals surface area contributed by atoms with Gasteiger partial charge in [-0.2, -0.15) is 0 Å². The molecule has 11 aromatic carbocycles. The predicted molar refractivity (Wildman–Crippen MR) is 295 cm³/mol. The zero-order valence-electron chi connectivity index (χ0n) is 37.6. The van der Waals surface area contributed by atoms with Gasteiger partial charge in [0.05, 0.1) is 13.1 Å². The van der Waals surface area contributed by atoms with Gasteiger partial charge in [0.15, 0.2) is 11.4 Å². The summed E-state index contributed by atoms with van der Waals surface area (Å²) in [6.07, 6.45) is 15.0. The number of fused-ring (bicyclic) bond motifs is 4. The second-order valence-corrected chi connectivity index (χ2v) is 20.7. The van der Waals surface area contributed by atoms with Crippen LogP contribution in [0.15, 0.2) is 243 Å². The van der Waals surface area contributed by atoms with E-state index in [-0.39, 0.29) is 44.8 Å². The minimum Gasteiger partial charge on any atom is -0.366 e. The maximum absolute atomic E-state index is 7.51. The molecule has 0 aromatic heterocycles. The average Bonchev–Trinajstić information content (AvgIpc) is 3.41. The molecule has 0 aliphatic rings. The molecule has 0 heterocycles. The summed E-state index contributed by atoms with van der Waals surface area (Å²) in [6, 6.07) is 84.2. The molecule has 70 heavy (non-hydrogen) atoms. The molecule has 0 radical (unpaired) electrons. The first kappa shape index (κ1) is 50.8. The second kappa shape index (κ2) is 24.5. The van der Waals surface area contributed by atoms with Crippen molar-refractivity contribution in [1.29, 1.82) is 0 Å². The van der Waals surface area contributed by atoms with Gasteiger partial charge in [0.25, 0.3) is 0 Å². The molecule has 11 rings (SSSR count). The van der Waals surface area contributed by atoms with Gasteiger partial charge in [-0.25, -0.2) is 9.69 Å². The van der Waals surface area contributed by atoms with E-state index in [0.717, 1.165) is 54.2 Å². The van der Waals surface area contributed by atoms with Crippen LogP contribution in [0.3, 0.4) is 0 Å². The maximum atomic E-state index is 7.51. The molecule has 0 N–H and O–H groups in total. The second-order valence-electron chi connectivity index (χ2n) is 15.9. The topological polar surface area (TPSA) is 8.72 Å². The molecule has 0 spiro atoms. The van der Waals surface area contributed by atoms with E-state index in [1.165, 1.54) is 31.8 Å². The van der Waals surface area contributed by atoms with Gasteiger partial charge in [0.1, 0.15) is 47.7 Å². The number of nitrogens with zero attached hydrogens (tertiary/aromatic N) is 2. The fraction of sp³-hybridized carbons (Fsp3) is 0. The van der Waals surface area contributed by atoms with Crippen LogP contribution in [0.1, 0.15) is 11.1 Å². The smallest absolute Gasteiger partial charge is 0.366 e. The quantitative estimate of drug-likeness (QED) is 0.0516. The summed E-state index contributed by atoms with van der Waals surface area (Å²) >= 11 is 0. The third kappa shape index (κ3) is 10.6. The fourth-order valence-corrected chi connectivity index (χ4v) is 15.0. The molecule has 338 valence electrons. The molecule has 0 saturated heterocycles. The Bertz CT molecular complexity index is 3160. The van der Waals surface area contributed by atoms with Gasteiger partial charge >= 0.3 is 44.8 Å². The molecular weight excluding hydrogens is 1250 g/mol. The monoisotopic (exact) mass is 1290 g/mol. The van der Waals surface area contributed by atoms with Crippen molar-refractivity contribution in [2.75, 3.05) is 0 Å². The van der Waals surface area contributed by atoms with Gasteiger partial charge in [-0.3, -0.25) is 11.8 Å². The van der Waals surface area contributed by atoms with E-state index in [1.807, 2.05) is 97.1 Å². The van der Waals surface area contributed by atoms with Gasteiger partial charge in [-0.1, -0.05) is 204 Å². The van der Waals surface area contributed by atoms with Crippen molar-refractivity contribution in [3.63, 3.8) is 0 Å². The standard InChI is InChI=1S/C30H24P2.2C17H8N.2Au/c1-5-15-25(16-6-1)31(26-17-7-2-8-18-26)29-23-13-14-24-30(29)32(27-19-9-3-10-20-27)28-21-11-4-12-22-28;2*1-3-12-13-8-4-6-10-15(13)17(18-2)16-11-7-5-9-14(12)16;;/h1-24H;2*4-11H;;/q;2*-1;2*+1/p+2. The number of rotatable bonds is 6. The fourth-order valence-electron chi connectivity index (χ4n) is 9.01. The van der Waals surface area contributed by atoms with Gasteiger partial charge < -0.3 is 12.8 Å². The summed E-state index contributed by atoms with van der Waals surface area (Å²) in [7, 11) is -2.28. The number of benzene rings is 11. The Hall–Kier alpha value is -7.10. The Morgan fingerprint density at radius 2 is 0.471 bits per heavy atom. The zero-order chi connectivity index (χ0) is 46.7. The van der Waals surface area contributed by atoms with Crippen LogP contribution in [0.5, 0.6) is 0 Å². The normalized spacial score (nSPS) is 10.3. The van der Waals surface area contributed by atoms with E-state index < -0.39 is 15.8 Å². The van der Waals surface area contributed by atoms with Crippen LogP contribution in [0, 0.1) is 37.8 Å². The van der Waals surface area contributed by atoms with Crippen molar-refractivity contribution in [2.24, 2.45) is 0 Å². The van der Waals surface area contributed by atoms with Crippen molar-refractivity contribution >= 4 is 102 Å². The van der Waals surface area contributed by atoms with E-state index in [1.54, 1.807) is 0 Å². The SMILES string of the molecule is [Au+].[Au+].[C-]#Cc1c2ccccc2c([N+]#[C-])c2ccccc12.[C-]#Cc1c2ccccc2c([N+]#[C-])c2ccccc12.c1ccc([PH+](c2ccccc2)c2ccccc2[PH+](c2ccccc2)c2ccccc2)cc1. The Morgan fingerprint density at radius 3 is 0.686 bits per heavy atom. The Balaban J connectivity index is 0.000000163. The molecule has 0 unspecified atom stereocenters. The zero-order valence-corrected chi connectivity index (χ0v) is 43.9. The van der Waals surface area contributed by atoms with Gasteiger partial charge in [-0.15, -0.1) is 11.1 Å². The molecule has 2 nitrogen and oxygen atoms in total. The third-order valence-corrected chi connectivity index (χ3v) is 17.8. The Labute approximate surface area is 444 Å². The van der Waals surface area contributed by atoms with E-state index >= 15 is 0 Å². The maximum Gasteiger partial charge on any atom is 1.00 e. The first-order valence-electron chi connectivity index (χ1n) is 22.2. The molecule has 6 heteroatoms. The minimum atomic E-state index is -1.14. The largest absolute Gasteiger partial charge is 1.00 e. The van der Waals surface area contributed by atoms with E-state index in [9.17, 15) is 0 Å². The molecular formula is C64H42Au2N2P2+2. The van der Waals surface area contributed by atoms with Crippen LogP contribution in [0.4, 0.5) is 11.4 Å². The summed E-state index contributed by atoms with van der Waals surface area (Å²) in [6.45, 7) is 14.8. The summed E-state index contributed by atoms with van der Waals surface area (Å²) in [5.74, 6) is 5.02. The van der Waals surface area contributed by atoms with E-state index in [4.69, 9.17) is 26.0 Å². The predicted octanol–water partition coefficient (Wildman–Crippen LogP) is 13.6. The first-order valence-corrected chi connectivity index (χ1v) is 25.2. The van der Waals surface area contributed by atoms with Gasteiger partial charge in [0.2, 0.25) is 0 Å². The van der Waals surface area contributed by atoms with E-state index in [2.05, 4.69) is 167 Å². The van der Waals surface area contributed by atoms with Crippen LogP contribution in [-0.2, 0) is 44.8 Å². The van der Waals surface area contributed by atoms with Crippen molar-refractivity contribution in [1.82, 2.24) is 0 Å². The molecule has 0 aliphatic heterocycles. The Morgan fingerprint density at radius 1 is 0.271 bits per heavy atom. The molecule has 0 amide bonds. The summed E-state index contributed by atoms with van der Waals surface area (Å²) in [5, 5.41) is 15.9. The molecule has 0 fully saturated rings. The van der Waals surface area contributed by atoms with Gasteiger partial charge in [0, 0.05) is 0 Å². The third-order valence-electron chi connectivity index (χ3n) is 12.0. The van der Waals surface area contributed by atoms with Crippen molar-refractivity contribution in [3.8, 4) is 11.8 Å². The van der Waals surface area contributed by atoms with Crippen LogP contribution < -0.4 is 31.8 Å². The number of hydrogen-bond donors (Lipinski definition) is 0. The Kier molecular flexibility index (Phi) is 17.7. The van der Waals surface area contributed by atoms with Crippen molar-refractivity contribution < 1.29 is 44.8 Å². The number of hydrogen-bond acceptors (Lipinski definition) is 0. The summed E-state index contributed by atoms with van der Waals surface area (Å²) in [5.41, 5.74) is 2.82. The van der Waals surface area contributed by atoms with Crippen molar-refractivity contribution in [3.05, 3.63) is 289 Å². The van der Waals surface area contributed by atoms with Gasteiger partial charge in [-0.05, 0) is 82.2 Å².